The number of hydrogen-bond acceptors (Lipinski definition) is 8. The van der Waals surface area contributed by atoms with E-state index in [2.05, 4.69) is 10.3 Å². The van der Waals surface area contributed by atoms with Crippen LogP contribution >= 0.6 is 11.3 Å². The van der Waals surface area contributed by atoms with E-state index in [0.717, 1.165) is 11.3 Å². The van der Waals surface area contributed by atoms with E-state index in [4.69, 9.17) is 19.5 Å². The van der Waals surface area contributed by atoms with Crippen molar-refractivity contribution in [1.29, 1.82) is 5.26 Å². The predicted octanol–water partition coefficient (Wildman–Crippen LogP) is 3.31. The molecule has 0 aliphatic heterocycles. The SMILES string of the molecule is CCOC(=O)c1sc(NC(=O)CCCOc2ccc(C#N)cc2OC)nc1C. The summed E-state index contributed by atoms with van der Waals surface area (Å²) in [4.78, 5) is 28.4. The molecule has 2 rings (SSSR count). The van der Waals surface area contributed by atoms with Gasteiger partial charge in [-0.3, -0.25) is 4.79 Å². The summed E-state index contributed by atoms with van der Waals surface area (Å²) in [5, 5.41) is 11.9. The molecule has 1 heterocycles. The zero-order valence-corrected chi connectivity index (χ0v) is 16.7. The highest BCUT2D eigenvalue weighted by atomic mass is 32.1. The molecule has 0 atom stereocenters. The number of ether oxygens (including phenoxy) is 3. The van der Waals surface area contributed by atoms with E-state index >= 15 is 0 Å². The predicted molar refractivity (Wildman–Crippen MR) is 104 cm³/mol. The van der Waals surface area contributed by atoms with Gasteiger partial charge in [-0.1, -0.05) is 11.3 Å². The van der Waals surface area contributed by atoms with Gasteiger partial charge in [-0.05, 0) is 32.4 Å². The molecule has 0 saturated heterocycles. The summed E-state index contributed by atoms with van der Waals surface area (Å²) >= 11 is 1.09. The molecule has 1 aromatic heterocycles. The van der Waals surface area contributed by atoms with Crippen LogP contribution in [0.1, 0.15) is 40.7 Å². The van der Waals surface area contributed by atoms with Crippen molar-refractivity contribution >= 4 is 28.3 Å². The van der Waals surface area contributed by atoms with Crippen molar-refractivity contribution < 1.29 is 23.8 Å². The van der Waals surface area contributed by atoms with Gasteiger partial charge in [0.25, 0.3) is 0 Å². The first-order valence-electron chi connectivity index (χ1n) is 8.63. The number of carbonyl (C=O) groups excluding carboxylic acids is 2. The molecule has 1 N–H and O–H groups in total. The van der Waals surface area contributed by atoms with E-state index < -0.39 is 5.97 Å². The van der Waals surface area contributed by atoms with Gasteiger partial charge in [-0.2, -0.15) is 5.26 Å². The molecule has 0 saturated carbocycles. The van der Waals surface area contributed by atoms with Gasteiger partial charge < -0.3 is 19.5 Å². The number of anilines is 1. The van der Waals surface area contributed by atoms with Crippen LogP contribution in [0.25, 0.3) is 0 Å². The monoisotopic (exact) mass is 403 g/mol. The summed E-state index contributed by atoms with van der Waals surface area (Å²) in [6.07, 6.45) is 0.704. The minimum absolute atomic E-state index is 0.223. The first-order valence-corrected chi connectivity index (χ1v) is 9.45. The Bertz CT molecular complexity index is 888. The second-order valence-corrected chi connectivity index (χ2v) is 6.63. The molecule has 1 aromatic carbocycles. The fourth-order valence-corrected chi connectivity index (χ4v) is 3.17. The first-order chi connectivity index (χ1) is 13.5. The molecule has 0 spiro atoms. The van der Waals surface area contributed by atoms with Gasteiger partial charge in [0.05, 0.1) is 37.7 Å². The quantitative estimate of drug-likeness (QED) is 0.505. The Morgan fingerprint density at radius 1 is 1.32 bits per heavy atom. The lowest BCUT2D eigenvalue weighted by molar-refractivity contribution is -0.116. The Morgan fingerprint density at radius 2 is 2.11 bits per heavy atom. The lowest BCUT2D eigenvalue weighted by Crippen LogP contribution is -2.12. The third-order valence-corrected chi connectivity index (χ3v) is 4.66. The second kappa shape index (κ2) is 10.3. The van der Waals surface area contributed by atoms with Crippen LogP contribution in [0.5, 0.6) is 11.5 Å². The van der Waals surface area contributed by atoms with Gasteiger partial charge in [0.1, 0.15) is 4.88 Å². The van der Waals surface area contributed by atoms with Gasteiger partial charge in [0, 0.05) is 12.5 Å². The molecule has 148 valence electrons. The van der Waals surface area contributed by atoms with E-state index in [0.29, 0.717) is 45.8 Å². The molecule has 0 bridgehead atoms. The number of amides is 1. The number of thiazole rings is 1. The summed E-state index contributed by atoms with van der Waals surface area (Å²) in [6.45, 7) is 4.01. The lowest BCUT2D eigenvalue weighted by Gasteiger charge is -2.10. The molecule has 1 amide bonds. The summed E-state index contributed by atoms with van der Waals surface area (Å²) in [5.41, 5.74) is 1.000. The normalized spacial score (nSPS) is 10.1. The molecule has 0 unspecified atom stereocenters. The fourth-order valence-electron chi connectivity index (χ4n) is 2.29. The number of nitriles is 1. The Labute approximate surface area is 167 Å². The van der Waals surface area contributed by atoms with Gasteiger partial charge >= 0.3 is 5.97 Å². The van der Waals surface area contributed by atoms with E-state index in [-0.39, 0.29) is 18.9 Å². The second-order valence-electron chi connectivity index (χ2n) is 5.63. The zero-order valence-electron chi connectivity index (χ0n) is 15.9. The van der Waals surface area contributed by atoms with Crippen molar-refractivity contribution in [3.8, 4) is 17.6 Å². The largest absolute Gasteiger partial charge is 0.493 e. The highest BCUT2D eigenvalue weighted by Gasteiger charge is 2.17. The summed E-state index contributed by atoms with van der Waals surface area (Å²) in [6, 6.07) is 6.92. The molecule has 2 aromatic rings. The summed E-state index contributed by atoms with van der Waals surface area (Å²) < 4.78 is 15.8. The maximum Gasteiger partial charge on any atom is 0.350 e. The Balaban J connectivity index is 1.82. The summed E-state index contributed by atoms with van der Waals surface area (Å²) in [7, 11) is 1.50. The molecule has 9 heteroatoms. The highest BCUT2D eigenvalue weighted by molar-refractivity contribution is 7.17. The number of benzene rings is 1. The minimum atomic E-state index is -0.442. The van der Waals surface area contributed by atoms with E-state index in [1.807, 2.05) is 6.07 Å². The van der Waals surface area contributed by atoms with Gasteiger partial charge in [-0.15, -0.1) is 0 Å². The van der Waals surface area contributed by atoms with Gasteiger partial charge in [-0.25, -0.2) is 9.78 Å². The van der Waals surface area contributed by atoms with Crippen molar-refractivity contribution in [3.05, 3.63) is 34.3 Å². The lowest BCUT2D eigenvalue weighted by atomic mass is 10.2. The minimum Gasteiger partial charge on any atom is -0.493 e. The van der Waals surface area contributed by atoms with Crippen LogP contribution in [0.3, 0.4) is 0 Å². The zero-order chi connectivity index (χ0) is 20.5. The number of aromatic nitrogens is 1. The van der Waals surface area contributed by atoms with E-state index in [1.165, 1.54) is 7.11 Å². The third-order valence-electron chi connectivity index (χ3n) is 3.60. The number of aryl methyl sites for hydroxylation is 1. The number of methoxy groups -OCH3 is 1. The van der Waals surface area contributed by atoms with Crippen LogP contribution in [0.2, 0.25) is 0 Å². The van der Waals surface area contributed by atoms with Crippen LogP contribution in [-0.4, -0.2) is 37.2 Å². The van der Waals surface area contributed by atoms with Crippen molar-refractivity contribution in [3.63, 3.8) is 0 Å². The molecule has 0 fully saturated rings. The number of nitrogens with one attached hydrogen (secondary N) is 1. The molecule has 0 aliphatic rings. The van der Waals surface area contributed by atoms with Crippen molar-refractivity contribution in [2.24, 2.45) is 0 Å². The Kier molecular flexibility index (Phi) is 7.77. The topological polar surface area (TPSA) is 111 Å². The number of rotatable bonds is 9. The van der Waals surface area contributed by atoms with Crippen LogP contribution in [0.4, 0.5) is 5.13 Å². The average molecular weight is 403 g/mol. The number of esters is 1. The van der Waals surface area contributed by atoms with Crippen molar-refractivity contribution in [1.82, 2.24) is 4.98 Å². The van der Waals surface area contributed by atoms with Crippen LogP contribution in [-0.2, 0) is 9.53 Å². The number of nitrogens with zero attached hydrogens (tertiary/aromatic N) is 2. The smallest absolute Gasteiger partial charge is 0.350 e. The Hall–Kier alpha value is -3.12. The standard InChI is InChI=1S/C19H21N3O5S/c1-4-26-18(24)17-12(2)21-19(28-17)22-16(23)6-5-9-27-14-8-7-13(11-20)10-15(14)25-3/h7-8,10H,4-6,9H2,1-3H3,(H,21,22,23). The van der Waals surface area contributed by atoms with Gasteiger partial charge in [0.2, 0.25) is 5.91 Å². The highest BCUT2D eigenvalue weighted by Crippen LogP contribution is 2.28. The molecular formula is C19H21N3O5S. The van der Waals surface area contributed by atoms with E-state index in [1.54, 1.807) is 32.0 Å². The summed E-state index contributed by atoms with van der Waals surface area (Å²) in [5.74, 6) is 0.312. The first kappa shape index (κ1) is 21.2. The molecule has 0 radical (unpaired) electrons. The average Bonchev–Trinajstić information content (AvgIpc) is 3.05. The molecule has 28 heavy (non-hydrogen) atoms. The third kappa shape index (κ3) is 5.69. The van der Waals surface area contributed by atoms with Crippen molar-refractivity contribution in [2.75, 3.05) is 25.6 Å². The van der Waals surface area contributed by atoms with Crippen molar-refractivity contribution in [2.45, 2.75) is 26.7 Å². The van der Waals surface area contributed by atoms with E-state index in [9.17, 15) is 9.59 Å². The van der Waals surface area contributed by atoms with Crippen LogP contribution in [0.15, 0.2) is 18.2 Å². The maximum absolute atomic E-state index is 12.1. The molecule has 8 nitrogen and oxygen atoms in total. The van der Waals surface area contributed by atoms with Crippen LogP contribution < -0.4 is 14.8 Å². The molecular weight excluding hydrogens is 382 g/mol. The van der Waals surface area contributed by atoms with Crippen LogP contribution in [0, 0.1) is 18.3 Å². The Morgan fingerprint density at radius 3 is 2.79 bits per heavy atom. The molecule has 0 aliphatic carbocycles. The number of hydrogen-bond donors (Lipinski definition) is 1. The number of carbonyl (C=O) groups is 2. The maximum atomic E-state index is 12.1. The van der Waals surface area contributed by atoms with Gasteiger partial charge in [0.15, 0.2) is 16.6 Å². The fraction of sp³-hybridized carbons (Fsp3) is 0.368.